The molecule has 2 aromatic carbocycles. The van der Waals surface area contributed by atoms with Crippen molar-refractivity contribution in [2.75, 3.05) is 15.4 Å². The molecule has 36 heavy (non-hydrogen) atoms. The van der Waals surface area contributed by atoms with Gasteiger partial charge in [0, 0.05) is 23.6 Å². The van der Waals surface area contributed by atoms with Crippen LogP contribution in [-0.4, -0.2) is 29.7 Å². The van der Waals surface area contributed by atoms with Crippen LogP contribution in [0, 0.1) is 6.92 Å². The first-order valence-corrected chi connectivity index (χ1v) is 11.8. The normalized spacial score (nSPS) is 11.6. The molecule has 0 aliphatic carbocycles. The molecule has 3 N–H and O–H groups in total. The summed E-state index contributed by atoms with van der Waals surface area (Å²) < 4.78 is 68.1. The zero-order chi connectivity index (χ0) is 25.8. The number of sulfonamides is 1. The zero-order valence-corrected chi connectivity index (χ0v) is 19.4. The van der Waals surface area contributed by atoms with Crippen LogP contribution in [0.25, 0.3) is 0 Å². The first-order chi connectivity index (χ1) is 17.1. The van der Waals surface area contributed by atoms with E-state index in [-0.39, 0.29) is 10.6 Å². The number of ether oxygens (including phenoxy) is 1. The van der Waals surface area contributed by atoms with Crippen molar-refractivity contribution in [2.24, 2.45) is 0 Å². The smallest absolute Gasteiger partial charge is 0.406 e. The van der Waals surface area contributed by atoms with E-state index in [1.54, 1.807) is 24.4 Å². The third-order valence-electron chi connectivity index (χ3n) is 4.62. The van der Waals surface area contributed by atoms with E-state index in [4.69, 9.17) is 0 Å². The van der Waals surface area contributed by atoms with E-state index in [1.165, 1.54) is 18.5 Å². The number of nitrogens with one attached hydrogen (secondary N) is 3. The van der Waals surface area contributed by atoms with Crippen molar-refractivity contribution in [3.63, 3.8) is 0 Å². The third kappa shape index (κ3) is 6.82. The van der Waals surface area contributed by atoms with E-state index in [9.17, 15) is 21.6 Å². The van der Waals surface area contributed by atoms with Crippen LogP contribution < -0.4 is 20.1 Å². The van der Waals surface area contributed by atoms with Crippen LogP contribution >= 0.6 is 0 Å². The fourth-order valence-corrected chi connectivity index (χ4v) is 4.09. The van der Waals surface area contributed by atoms with Crippen molar-refractivity contribution in [3.05, 3.63) is 84.8 Å². The van der Waals surface area contributed by atoms with Gasteiger partial charge in [-0.15, -0.1) is 13.2 Å². The van der Waals surface area contributed by atoms with Crippen LogP contribution in [0.2, 0.25) is 0 Å². The topological polar surface area (TPSA) is 118 Å². The summed E-state index contributed by atoms with van der Waals surface area (Å²) in [5, 5.41) is 6.19. The molecule has 0 unspecified atom stereocenters. The Morgan fingerprint density at radius 3 is 2.03 bits per heavy atom. The first-order valence-electron chi connectivity index (χ1n) is 10.3. The van der Waals surface area contributed by atoms with Crippen LogP contribution in [-0.2, 0) is 10.0 Å². The first kappa shape index (κ1) is 24.7. The third-order valence-corrected chi connectivity index (χ3v) is 6.01. The second-order valence-corrected chi connectivity index (χ2v) is 9.14. The number of aromatic nitrogens is 3. The average molecular weight is 517 g/mol. The van der Waals surface area contributed by atoms with Crippen LogP contribution in [0.15, 0.2) is 84.1 Å². The minimum Gasteiger partial charge on any atom is -0.406 e. The average Bonchev–Trinajstić information content (AvgIpc) is 2.80. The number of anilines is 5. The molecule has 0 saturated heterocycles. The SMILES string of the molecule is Cc1ccnc(Nc2cc(Nc3ccc(NS(=O)(=O)c4ccc(OC(F)(F)F)cc4)cc3)ncn2)c1. The number of hydrogen-bond acceptors (Lipinski definition) is 8. The Morgan fingerprint density at radius 2 is 1.39 bits per heavy atom. The Bertz CT molecular complexity index is 1450. The van der Waals surface area contributed by atoms with Crippen molar-refractivity contribution < 1.29 is 26.3 Å². The minimum atomic E-state index is -4.86. The van der Waals surface area contributed by atoms with Gasteiger partial charge < -0.3 is 15.4 Å². The number of aryl methyl sites for hydroxylation is 1. The highest BCUT2D eigenvalue weighted by molar-refractivity contribution is 7.92. The summed E-state index contributed by atoms with van der Waals surface area (Å²) >= 11 is 0. The van der Waals surface area contributed by atoms with Gasteiger partial charge >= 0.3 is 6.36 Å². The summed E-state index contributed by atoms with van der Waals surface area (Å²) in [5.74, 6) is 1.14. The quantitative estimate of drug-likeness (QED) is 0.286. The summed E-state index contributed by atoms with van der Waals surface area (Å²) in [6.45, 7) is 1.95. The number of pyridine rings is 1. The largest absolute Gasteiger partial charge is 0.573 e. The van der Waals surface area contributed by atoms with E-state index in [0.717, 1.165) is 29.8 Å². The zero-order valence-electron chi connectivity index (χ0n) is 18.6. The molecule has 0 aliphatic heterocycles. The van der Waals surface area contributed by atoms with E-state index in [1.807, 2.05) is 19.1 Å². The highest BCUT2D eigenvalue weighted by Crippen LogP contribution is 2.26. The maximum absolute atomic E-state index is 12.6. The van der Waals surface area contributed by atoms with Gasteiger partial charge in [0.2, 0.25) is 0 Å². The van der Waals surface area contributed by atoms with Crippen molar-refractivity contribution in [3.8, 4) is 5.75 Å². The summed E-state index contributed by atoms with van der Waals surface area (Å²) in [6.07, 6.45) is -1.80. The predicted molar refractivity (Wildman–Crippen MR) is 128 cm³/mol. The van der Waals surface area contributed by atoms with Gasteiger partial charge in [-0.05, 0) is 73.2 Å². The molecule has 0 radical (unpaired) electrons. The monoisotopic (exact) mass is 516 g/mol. The van der Waals surface area contributed by atoms with Crippen LogP contribution in [0.3, 0.4) is 0 Å². The number of benzene rings is 2. The molecule has 4 aromatic rings. The Morgan fingerprint density at radius 1 is 0.778 bits per heavy atom. The molecule has 2 heterocycles. The summed E-state index contributed by atoms with van der Waals surface area (Å²) in [4.78, 5) is 12.3. The van der Waals surface area contributed by atoms with Gasteiger partial charge in [0.05, 0.1) is 4.90 Å². The number of halogens is 3. The van der Waals surface area contributed by atoms with Crippen LogP contribution in [0.1, 0.15) is 5.56 Å². The molecule has 0 saturated carbocycles. The number of nitrogens with zero attached hydrogens (tertiary/aromatic N) is 3. The van der Waals surface area contributed by atoms with Crippen LogP contribution in [0.4, 0.5) is 42.0 Å². The lowest BCUT2D eigenvalue weighted by atomic mass is 10.3. The Balaban J connectivity index is 1.40. The van der Waals surface area contributed by atoms with E-state index in [2.05, 4.69) is 35.0 Å². The number of rotatable bonds is 8. The summed E-state index contributed by atoms with van der Waals surface area (Å²) in [5.41, 5.74) is 1.93. The lowest BCUT2D eigenvalue weighted by Gasteiger charge is -2.12. The molecule has 0 amide bonds. The molecule has 186 valence electrons. The van der Waals surface area contributed by atoms with Gasteiger partial charge in [-0.1, -0.05) is 0 Å². The second-order valence-electron chi connectivity index (χ2n) is 7.46. The summed E-state index contributed by atoms with van der Waals surface area (Å²) in [6, 6.07) is 15.7. The van der Waals surface area contributed by atoms with Crippen molar-refractivity contribution in [1.29, 1.82) is 0 Å². The highest BCUT2D eigenvalue weighted by Gasteiger charge is 2.31. The van der Waals surface area contributed by atoms with E-state index in [0.29, 0.717) is 23.1 Å². The van der Waals surface area contributed by atoms with E-state index >= 15 is 0 Å². The molecular formula is C23H19F3N6O3S. The molecule has 0 bridgehead atoms. The minimum absolute atomic E-state index is 0.219. The fourth-order valence-electron chi connectivity index (χ4n) is 3.03. The van der Waals surface area contributed by atoms with Crippen molar-refractivity contribution in [2.45, 2.75) is 18.2 Å². The molecule has 9 nitrogen and oxygen atoms in total. The molecule has 4 rings (SSSR count). The molecule has 13 heteroatoms. The van der Waals surface area contributed by atoms with Crippen molar-refractivity contribution >= 4 is 38.9 Å². The Hall–Kier alpha value is -4.39. The van der Waals surface area contributed by atoms with Gasteiger partial charge in [0.15, 0.2) is 0 Å². The fraction of sp³-hybridized carbons (Fsp3) is 0.0870. The maximum Gasteiger partial charge on any atom is 0.573 e. The predicted octanol–water partition coefficient (Wildman–Crippen LogP) is 5.37. The van der Waals surface area contributed by atoms with Gasteiger partial charge in [-0.25, -0.2) is 23.4 Å². The molecule has 2 aromatic heterocycles. The second kappa shape index (κ2) is 10.1. The van der Waals surface area contributed by atoms with E-state index < -0.39 is 22.1 Å². The Labute approximate surface area is 204 Å². The molecule has 0 spiro atoms. The maximum atomic E-state index is 12.6. The molecule has 0 atom stereocenters. The number of hydrogen-bond donors (Lipinski definition) is 3. The molecular weight excluding hydrogens is 497 g/mol. The molecule has 0 fully saturated rings. The number of alkyl halides is 3. The van der Waals surface area contributed by atoms with Crippen molar-refractivity contribution in [1.82, 2.24) is 15.0 Å². The van der Waals surface area contributed by atoms with Gasteiger partial charge in [0.1, 0.15) is 29.5 Å². The Kier molecular flexibility index (Phi) is 6.92. The lowest BCUT2D eigenvalue weighted by molar-refractivity contribution is -0.274. The lowest BCUT2D eigenvalue weighted by Crippen LogP contribution is -2.17. The van der Waals surface area contributed by atoms with Crippen LogP contribution in [0.5, 0.6) is 5.75 Å². The standard InChI is InChI=1S/C23H19F3N6O3S/c1-15-10-11-27-20(12-15)31-22-13-21(28-14-29-22)30-16-2-4-17(5-3-16)32-36(33,34)19-8-6-18(7-9-19)35-23(24,25)26/h2-14,32H,1H3,(H2,27,28,29,30,31). The summed E-state index contributed by atoms with van der Waals surface area (Å²) in [7, 11) is -4.03. The van der Waals surface area contributed by atoms with Gasteiger partial charge in [-0.2, -0.15) is 0 Å². The highest BCUT2D eigenvalue weighted by atomic mass is 32.2. The van der Waals surface area contributed by atoms with Gasteiger partial charge in [0.25, 0.3) is 10.0 Å². The molecule has 0 aliphatic rings. The van der Waals surface area contributed by atoms with Gasteiger partial charge in [-0.3, -0.25) is 4.72 Å².